The van der Waals surface area contributed by atoms with Crippen molar-refractivity contribution in [2.45, 2.75) is 25.5 Å². The third-order valence-corrected chi connectivity index (χ3v) is 4.99. The monoisotopic (exact) mass is 496 g/mol. The smallest absolute Gasteiger partial charge is 0.207 e. The van der Waals surface area contributed by atoms with E-state index < -0.39 is 70.0 Å². The normalized spacial score (nSPS) is 12.7. The SMILES string of the molecule is Cc1cc(B(c2cc(C(F)(F)F)cc(C(F)(F)F)c2)c2c(F)cccc2F)cc(C(F)(F)F)c1. The highest BCUT2D eigenvalue weighted by atomic mass is 19.4. The van der Waals surface area contributed by atoms with E-state index >= 15 is 0 Å². The number of alkyl halides is 9. The number of halogens is 11. The van der Waals surface area contributed by atoms with Crippen molar-refractivity contribution in [3.8, 4) is 0 Å². The highest BCUT2D eigenvalue weighted by Crippen LogP contribution is 2.35. The van der Waals surface area contributed by atoms with Crippen LogP contribution >= 0.6 is 0 Å². The molecule has 0 nitrogen and oxygen atoms in total. The zero-order valence-electron chi connectivity index (χ0n) is 16.9. The van der Waals surface area contributed by atoms with Crippen LogP contribution in [-0.4, -0.2) is 6.71 Å². The Kier molecular flexibility index (Phi) is 6.49. The minimum absolute atomic E-state index is 0.0745. The van der Waals surface area contributed by atoms with Gasteiger partial charge in [-0.15, -0.1) is 0 Å². The molecule has 0 heterocycles. The van der Waals surface area contributed by atoms with E-state index in [2.05, 4.69) is 0 Å². The summed E-state index contributed by atoms with van der Waals surface area (Å²) < 4.78 is 150. The van der Waals surface area contributed by atoms with Crippen molar-refractivity contribution < 1.29 is 48.3 Å². The lowest BCUT2D eigenvalue weighted by Gasteiger charge is -2.22. The van der Waals surface area contributed by atoms with Gasteiger partial charge in [0.2, 0.25) is 6.71 Å². The molecule has 0 N–H and O–H groups in total. The van der Waals surface area contributed by atoms with Crippen LogP contribution in [0.2, 0.25) is 0 Å². The minimum atomic E-state index is -5.28. The minimum Gasteiger partial charge on any atom is -0.207 e. The number of rotatable bonds is 3. The van der Waals surface area contributed by atoms with E-state index in [1.807, 2.05) is 0 Å². The highest BCUT2D eigenvalue weighted by Gasteiger charge is 2.40. The summed E-state index contributed by atoms with van der Waals surface area (Å²) in [6, 6.07) is 4.73. The number of hydrogen-bond donors (Lipinski definition) is 0. The van der Waals surface area contributed by atoms with E-state index in [0.717, 1.165) is 12.1 Å². The van der Waals surface area contributed by atoms with Crippen molar-refractivity contribution in [1.82, 2.24) is 0 Å². The molecule has 0 spiro atoms. The second kappa shape index (κ2) is 8.63. The van der Waals surface area contributed by atoms with Gasteiger partial charge in [-0.1, -0.05) is 46.8 Å². The average Bonchev–Trinajstić information content (AvgIpc) is 2.68. The lowest BCUT2D eigenvalue weighted by Crippen LogP contribution is -2.55. The first-order valence-corrected chi connectivity index (χ1v) is 9.40. The Morgan fingerprint density at radius 3 is 1.35 bits per heavy atom. The van der Waals surface area contributed by atoms with Gasteiger partial charge >= 0.3 is 18.5 Å². The first-order chi connectivity index (χ1) is 15.5. The van der Waals surface area contributed by atoms with Crippen molar-refractivity contribution >= 4 is 23.1 Å². The molecule has 0 unspecified atom stereocenters. The third-order valence-electron chi connectivity index (χ3n) is 4.99. The Labute approximate surface area is 186 Å². The van der Waals surface area contributed by atoms with Gasteiger partial charge in [0.1, 0.15) is 11.6 Å². The molecule has 3 aromatic rings. The molecular weight excluding hydrogens is 484 g/mol. The molecule has 0 atom stereocenters. The first kappa shape index (κ1) is 25.6. The van der Waals surface area contributed by atoms with Crippen LogP contribution < -0.4 is 16.4 Å². The zero-order valence-corrected chi connectivity index (χ0v) is 16.9. The molecule has 34 heavy (non-hydrogen) atoms. The summed E-state index contributed by atoms with van der Waals surface area (Å²) >= 11 is 0. The molecule has 0 saturated heterocycles. The van der Waals surface area contributed by atoms with Crippen molar-refractivity contribution in [2.24, 2.45) is 0 Å². The van der Waals surface area contributed by atoms with Gasteiger partial charge in [0.25, 0.3) is 0 Å². The standard InChI is InChI=1S/C22H12BF11/c1-11-5-12(20(26,27)28)8-15(6-11)23(19-17(24)3-2-4-18(19)25)16-9-13(21(29,30)31)7-14(10-16)22(32,33)34/h2-10H,1H3. The molecule has 0 amide bonds. The van der Waals surface area contributed by atoms with Crippen molar-refractivity contribution in [2.75, 3.05) is 0 Å². The molecule has 0 fully saturated rings. The Morgan fingerprint density at radius 1 is 0.559 bits per heavy atom. The largest absolute Gasteiger partial charge is 0.416 e. The second-order valence-corrected chi connectivity index (χ2v) is 7.54. The van der Waals surface area contributed by atoms with Crippen LogP contribution in [0.25, 0.3) is 0 Å². The average molecular weight is 496 g/mol. The number of aryl methyl sites for hydroxylation is 1. The maximum atomic E-state index is 14.7. The van der Waals surface area contributed by atoms with E-state index in [9.17, 15) is 48.3 Å². The van der Waals surface area contributed by atoms with E-state index in [-0.39, 0.29) is 23.8 Å². The Balaban J connectivity index is 2.43. The van der Waals surface area contributed by atoms with Gasteiger partial charge in [-0.2, -0.15) is 39.5 Å². The van der Waals surface area contributed by atoms with E-state index in [0.29, 0.717) is 24.3 Å². The molecule has 0 aliphatic heterocycles. The van der Waals surface area contributed by atoms with Gasteiger partial charge in [-0.05, 0) is 31.2 Å². The first-order valence-electron chi connectivity index (χ1n) is 9.40. The van der Waals surface area contributed by atoms with Crippen LogP contribution in [0.5, 0.6) is 0 Å². The van der Waals surface area contributed by atoms with Crippen molar-refractivity contribution in [3.05, 3.63) is 88.5 Å². The molecule has 0 aromatic heterocycles. The summed E-state index contributed by atoms with van der Waals surface area (Å²) in [5, 5.41) is 0. The molecule has 0 radical (unpaired) electrons. The van der Waals surface area contributed by atoms with Gasteiger partial charge in [-0.25, -0.2) is 8.78 Å². The summed E-state index contributed by atoms with van der Waals surface area (Å²) in [7, 11) is 0. The summed E-state index contributed by atoms with van der Waals surface area (Å²) in [4.78, 5) is 0. The molecular formula is C22H12BF11. The molecule has 0 saturated carbocycles. The predicted octanol–water partition coefficient (Wildman–Crippen LogP) is 5.85. The number of benzene rings is 3. The topological polar surface area (TPSA) is 0 Å². The van der Waals surface area contributed by atoms with Crippen LogP contribution in [0.15, 0.2) is 54.6 Å². The summed E-state index contributed by atoms with van der Waals surface area (Å²) in [6.45, 7) is -0.855. The molecule has 180 valence electrons. The molecule has 12 heteroatoms. The zero-order chi connectivity index (χ0) is 25.6. The quantitative estimate of drug-likeness (QED) is 0.316. The summed E-state index contributed by atoms with van der Waals surface area (Å²) in [5.41, 5.74) is -7.32. The number of hydrogen-bond acceptors (Lipinski definition) is 0. The van der Waals surface area contributed by atoms with E-state index in [1.165, 1.54) is 6.92 Å². The lowest BCUT2D eigenvalue weighted by molar-refractivity contribution is -0.143. The summed E-state index contributed by atoms with van der Waals surface area (Å²) in [6.07, 6.45) is -15.5. The fourth-order valence-electron chi connectivity index (χ4n) is 3.60. The fourth-order valence-corrected chi connectivity index (χ4v) is 3.60. The third kappa shape index (κ3) is 5.36. The van der Waals surface area contributed by atoms with Crippen LogP contribution in [0.3, 0.4) is 0 Å². The predicted molar refractivity (Wildman–Crippen MR) is 104 cm³/mol. The summed E-state index contributed by atoms with van der Waals surface area (Å²) in [5.74, 6) is -2.71. The van der Waals surface area contributed by atoms with Crippen LogP contribution in [0.1, 0.15) is 22.3 Å². The maximum Gasteiger partial charge on any atom is 0.416 e. The van der Waals surface area contributed by atoms with Gasteiger partial charge in [-0.3, -0.25) is 0 Å². The molecule has 0 aliphatic carbocycles. The molecule has 3 rings (SSSR count). The van der Waals surface area contributed by atoms with Crippen molar-refractivity contribution in [3.63, 3.8) is 0 Å². The maximum absolute atomic E-state index is 14.7. The van der Waals surface area contributed by atoms with Gasteiger partial charge in [0.15, 0.2) is 0 Å². The van der Waals surface area contributed by atoms with E-state index in [4.69, 9.17) is 0 Å². The van der Waals surface area contributed by atoms with E-state index in [1.54, 1.807) is 0 Å². The van der Waals surface area contributed by atoms with Gasteiger partial charge < -0.3 is 0 Å². The van der Waals surface area contributed by atoms with Gasteiger partial charge in [0, 0.05) is 5.46 Å². The fraction of sp³-hybridized carbons (Fsp3) is 0.182. The van der Waals surface area contributed by atoms with Crippen LogP contribution in [-0.2, 0) is 18.5 Å². The van der Waals surface area contributed by atoms with Crippen LogP contribution in [0, 0.1) is 18.6 Å². The Hall–Kier alpha value is -3.05. The highest BCUT2D eigenvalue weighted by molar-refractivity contribution is 6.95. The molecule has 0 bridgehead atoms. The lowest BCUT2D eigenvalue weighted by atomic mass is 9.36. The molecule has 3 aromatic carbocycles. The second-order valence-electron chi connectivity index (χ2n) is 7.54. The van der Waals surface area contributed by atoms with Crippen molar-refractivity contribution in [1.29, 1.82) is 0 Å². The van der Waals surface area contributed by atoms with Gasteiger partial charge in [0.05, 0.1) is 16.7 Å². The Bertz CT molecular complexity index is 1150. The molecule has 0 aliphatic rings. The van der Waals surface area contributed by atoms with Crippen LogP contribution in [0.4, 0.5) is 48.3 Å². The Morgan fingerprint density at radius 2 is 0.941 bits per heavy atom.